The normalized spacial score (nSPS) is 27.6. The standard InChI is InChI=1S/C12H21N5O/c1-10(2)11-8-12(9-13,4-7-18-11)15-5-3-6-16-17-14/h10-11,15H,3-8H2,1-2H3. The number of nitriles is 1. The number of hydrogen-bond acceptors (Lipinski definition) is 4. The lowest BCUT2D eigenvalue weighted by Crippen LogP contribution is -2.52. The second-order valence-electron chi connectivity index (χ2n) is 5.04. The van der Waals surface area contributed by atoms with Crippen molar-refractivity contribution in [1.29, 1.82) is 5.26 Å². The summed E-state index contributed by atoms with van der Waals surface area (Å²) in [6, 6.07) is 2.40. The first-order valence-corrected chi connectivity index (χ1v) is 6.42. The van der Waals surface area contributed by atoms with E-state index in [1.165, 1.54) is 0 Å². The number of azide groups is 1. The minimum Gasteiger partial charge on any atom is -0.378 e. The molecule has 0 aromatic heterocycles. The second kappa shape index (κ2) is 7.22. The molecule has 1 aliphatic rings. The van der Waals surface area contributed by atoms with Gasteiger partial charge in [-0.3, -0.25) is 5.32 Å². The first-order chi connectivity index (χ1) is 8.63. The fourth-order valence-electron chi connectivity index (χ4n) is 2.14. The van der Waals surface area contributed by atoms with Gasteiger partial charge in [0.15, 0.2) is 0 Å². The first-order valence-electron chi connectivity index (χ1n) is 6.42. The number of nitrogens with zero attached hydrogens (tertiary/aromatic N) is 4. The zero-order valence-corrected chi connectivity index (χ0v) is 11.1. The van der Waals surface area contributed by atoms with E-state index < -0.39 is 5.54 Å². The van der Waals surface area contributed by atoms with Crippen molar-refractivity contribution in [3.05, 3.63) is 10.4 Å². The molecule has 6 nitrogen and oxygen atoms in total. The van der Waals surface area contributed by atoms with Gasteiger partial charge in [0.2, 0.25) is 0 Å². The molecule has 0 saturated carbocycles. The van der Waals surface area contributed by atoms with E-state index in [0.717, 1.165) is 12.8 Å². The molecule has 6 heteroatoms. The van der Waals surface area contributed by atoms with Crippen molar-refractivity contribution in [2.75, 3.05) is 19.7 Å². The highest BCUT2D eigenvalue weighted by Crippen LogP contribution is 2.28. The maximum absolute atomic E-state index is 9.39. The third kappa shape index (κ3) is 4.19. The van der Waals surface area contributed by atoms with E-state index in [0.29, 0.717) is 32.0 Å². The van der Waals surface area contributed by atoms with Crippen LogP contribution in [0.3, 0.4) is 0 Å². The highest BCUT2D eigenvalue weighted by atomic mass is 16.5. The van der Waals surface area contributed by atoms with Gasteiger partial charge >= 0.3 is 0 Å². The summed E-state index contributed by atoms with van der Waals surface area (Å²) in [6.45, 7) is 6.01. The molecule has 1 N–H and O–H groups in total. The second-order valence-corrected chi connectivity index (χ2v) is 5.04. The molecular formula is C12H21N5O. The summed E-state index contributed by atoms with van der Waals surface area (Å²) in [4.78, 5) is 2.70. The summed E-state index contributed by atoms with van der Waals surface area (Å²) in [5.41, 5.74) is 7.69. The molecule has 2 atom stereocenters. The molecule has 1 rings (SSSR count). The molecule has 0 aromatic rings. The summed E-state index contributed by atoms with van der Waals surface area (Å²) >= 11 is 0. The number of nitrogens with one attached hydrogen (secondary N) is 1. The zero-order chi connectivity index (χ0) is 13.4. The van der Waals surface area contributed by atoms with Crippen molar-refractivity contribution >= 4 is 0 Å². The molecule has 0 aliphatic carbocycles. The molecule has 0 aromatic carbocycles. The lowest BCUT2D eigenvalue weighted by molar-refractivity contribution is -0.0384. The van der Waals surface area contributed by atoms with Gasteiger partial charge in [0, 0.05) is 30.9 Å². The van der Waals surface area contributed by atoms with Crippen molar-refractivity contribution in [2.45, 2.75) is 44.8 Å². The van der Waals surface area contributed by atoms with Gasteiger partial charge < -0.3 is 4.74 Å². The Morgan fingerprint density at radius 1 is 1.67 bits per heavy atom. The van der Waals surface area contributed by atoms with Gasteiger partial charge in [-0.2, -0.15) is 5.26 Å². The quantitative estimate of drug-likeness (QED) is 0.340. The lowest BCUT2D eigenvalue weighted by atomic mass is 9.84. The molecule has 1 heterocycles. The van der Waals surface area contributed by atoms with Crippen LogP contribution in [0.2, 0.25) is 0 Å². The Labute approximate surface area is 108 Å². The molecule has 0 amide bonds. The largest absolute Gasteiger partial charge is 0.378 e. The van der Waals surface area contributed by atoms with E-state index in [4.69, 9.17) is 10.3 Å². The molecule has 0 spiro atoms. The number of ether oxygens (including phenoxy) is 1. The molecule has 18 heavy (non-hydrogen) atoms. The fraction of sp³-hybridized carbons (Fsp3) is 0.917. The van der Waals surface area contributed by atoms with E-state index >= 15 is 0 Å². The average molecular weight is 251 g/mol. The minimum atomic E-state index is -0.483. The predicted octanol–water partition coefficient (Wildman–Crippen LogP) is 2.37. The van der Waals surface area contributed by atoms with Crippen molar-refractivity contribution in [3.63, 3.8) is 0 Å². The topological polar surface area (TPSA) is 93.8 Å². The highest BCUT2D eigenvalue weighted by molar-refractivity contribution is 5.10. The lowest BCUT2D eigenvalue weighted by Gasteiger charge is -2.38. The number of rotatable bonds is 6. The van der Waals surface area contributed by atoms with Gasteiger partial charge in [-0.1, -0.05) is 19.0 Å². The summed E-state index contributed by atoms with van der Waals surface area (Å²) < 4.78 is 5.68. The average Bonchev–Trinajstić information content (AvgIpc) is 2.39. The summed E-state index contributed by atoms with van der Waals surface area (Å²) in [6.07, 6.45) is 2.33. The van der Waals surface area contributed by atoms with Gasteiger partial charge in [-0.05, 0) is 24.4 Å². The Balaban J connectivity index is 2.46. The van der Waals surface area contributed by atoms with Crippen molar-refractivity contribution in [3.8, 4) is 6.07 Å². The molecule has 0 bridgehead atoms. The Hall–Kier alpha value is -1.28. The van der Waals surface area contributed by atoms with E-state index in [2.05, 4.69) is 35.3 Å². The fourth-order valence-corrected chi connectivity index (χ4v) is 2.14. The van der Waals surface area contributed by atoms with Crippen LogP contribution in [-0.4, -0.2) is 31.3 Å². The highest BCUT2D eigenvalue weighted by Gasteiger charge is 2.37. The van der Waals surface area contributed by atoms with E-state index in [9.17, 15) is 5.26 Å². The maximum Gasteiger partial charge on any atom is 0.111 e. The predicted molar refractivity (Wildman–Crippen MR) is 68.8 cm³/mol. The van der Waals surface area contributed by atoms with Crippen molar-refractivity contribution < 1.29 is 4.74 Å². The number of hydrogen-bond donors (Lipinski definition) is 1. The monoisotopic (exact) mass is 251 g/mol. The van der Waals surface area contributed by atoms with E-state index in [1.807, 2.05) is 0 Å². The SMILES string of the molecule is CC(C)C1CC(C#N)(NCCCN=[N+]=[N-])CCO1. The Kier molecular flexibility index (Phi) is 5.93. The minimum absolute atomic E-state index is 0.142. The van der Waals surface area contributed by atoms with E-state index in [-0.39, 0.29) is 6.10 Å². The maximum atomic E-state index is 9.39. The van der Waals surface area contributed by atoms with Gasteiger partial charge in [0.05, 0.1) is 12.2 Å². The van der Waals surface area contributed by atoms with Crippen LogP contribution in [0.4, 0.5) is 0 Å². The van der Waals surface area contributed by atoms with Crippen LogP contribution in [0.25, 0.3) is 10.4 Å². The summed E-state index contributed by atoms with van der Waals surface area (Å²) in [5, 5.41) is 16.2. The van der Waals surface area contributed by atoms with Crippen LogP contribution in [0.15, 0.2) is 5.11 Å². The van der Waals surface area contributed by atoms with Crippen LogP contribution in [-0.2, 0) is 4.74 Å². The Morgan fingerprint density at radius 2 is 2.44 bits per heavy atom. The molecule has 2 unspecified atom stereocenters. The van der Waals surface area contributed by atoms with Crippen LogP contribution < -0.4 is 5.32 Å². The first kappa shape index (κ1) is 14.8. The van der Waals surface area contributed by atoms with Crippen LogP contribution in [0.5, 0.6) is 0 Å². The van der Waals surface area contributed by atoms with Gasteiger partial charge in [0.1, 0.15) is 5.54 Å². The third-order valence-corrected chi connectivity index (χ3v) is 3.33. The van der Waals surface area contributed by atoms with Crippen LogP contribution in [0.1, 0.15) is 33.1 Å². The zero-order valence-electron chi connectivity index (χ0n) is 11.1. The third-order valence-electron chi connectivity index (χ3n) is 3.33. The Morgan fingerprint density at radius 3 is 3.06 bits per heavy atom. The summed E-state index contributed by atoms with van der Waals surface area (Å²) in [5.74, 6) is 0.419. The Bertz CT molecular complexity index is 345. The molecule has 1 fully saturated rings. The molecule has 0 radical (unpaired) electrons. The van der Waals surface area contributed by atoms with Gasteiger partial charge in [-0.15, -0.1) is 0 Å². The smallest absolute Gasteiger partial charge is 0.111 e. The van der Waals surface area contributed by atoms with Crippen LogP contribution >= 0.6 is 0 Å². The van der Waals surface area contributed by atoms with Crippen LogP contribution in [0, 0.1) is 17.2 Å². The molecule has 1 aliphatic heterocycles. The molecular weight excluding hydrogens is 230 g/mol. The van der Waals surface area contributed by atoms with E-state index in [1.54, 1.807) is 0 Å². The van der Waals surface area contributed by atoms with Gasteiger partial charge in [-0.25, -0.2) is 0 Å². The molecule has 1 saturated heterocycles. The van der Waals surface area contributed by atoms with Crippen molar-refractivity contribution in [1.82, 2.24) is 5.32 Å². The summed E-state index contributed by atoms with van der Waals surface area (Å²) in [7, 11) is 0. The molecule has 100 valence electrons. The van der Waals surface area contributed by atoms with Crippen molar-refractivity contribution in [2.24, 2.45) is 11.0 Å². The van der Waals surface area contributed by atoms with Gasteiger partial charge in [0.25, 0.3) is 0 Å².